The minimum Gasteiger partial charge on any atom is -0.466 e. The van der Waals surface area contributed by atoms with E-state index in [0.717, 1.165) is 37.7 Å². The summed E-state index contributed by atoms with van der Waals surface area (Å²) in [6.07, 6.45) is 7.88. The zero-order valence-electron chi connectivity index (χ0n) is 14.4. The molecule has 0 N–H and O–H groups in total. The molecule has 0 bridgehead atoms. The summed E-state index contributed by atoms with van der Waals surface area (Å²) in [5.74, 6) is 2.17. The number of carbonyl (C=O) groups excluding carboxylic acids is 1. The first kappa shape index (κ1) is 18.5. The first-order valence-electron chi connectivity index (χ1n) is 8.81. The van der Waals surface area contributed by atoms with Crippen LogP contribution in [-0.2, 0) is 14.3 Å². The van der Waals surface area contributed by atoms with Crippen molar-refractivity contribution >= 4 is 5.97 Å². The van der Waals surface area contributed by atoms with Gasteiger partial charge in [-0.2, -0.15) is 0 Å². The Labute approximate surface area is 130 Å². The predicted molar refractivity (Wildman–Crippen MR) is 86.2 cm³/mol. The van der Waals surface area contributed by atoms with Crippen molar-refractivity contribution in [1.82, 2.24) is 0 Å². The molecule has 124 valence electrons. The summed E-state index contributed by atoms with van der Waals surface area (Å²) in [5.41, 5.74) is 0. The van der Waals surface area contributed by atoms with Gasteiger partial charge in [0.25, 0.3) is 0 Å². The van der Waals surface area contributed by atoms with Crippen LogP contribution in [0.5, 0.6) is 0 Å². The molecule has 1 aliphatic carbocycles. The number of esters is 1. The highest BCUT2D eigenvalue weighted by molar-refractivity contribution is 5.69. The fourth-order valence-corrected chi connectivity index (χ4v) is 3.32. The molecule has 0 heterocycles. The maximum Gasteiger partial charge on any atom is 0.305 e. The quantitative estimate of drug-likeness (QED) is 0.461. The lowest BCUT2D eigenvalue weighted by atomic mass is 9.75. The van der Waals surface area contributed by atoms with Crippen LogP contribution in [0.3, 0.4) is 0 Å². The molecule has 0 aromatic rings. The Bertz CT molecular complexity index is 288. The third-order valence-corrected chi connectivity index (χ3v) is 4.62. The van der Waals surface area contributed by atoms with Crippen molar-refractivity contribution in [2.75, 3.05) is 13.2 Å². The van der Waals surface area contributed by atoms with Crippen molar-refractivity contribution in [2.24, 2.45) is 17.8 Å². The summed E-state index contributed by atoms with van der Waals surface area (Å²) in [4.78, 5) is 11.2. The average molecular weight is 298 g/mol. The van der Waals surface area contributed by atoms with Gasteiger partial charge in [0.2, 0.25) is 0 Å². The van der Waals surface area contributed by atoms with Gasteiger partial charge in [0.05, 0.1) is 12.7 Å². The second-order valence-corrected chi connectivity index (χ2v) is 6.85. The van der Waals surface area contributed by atoms with Crippen LogP contribution >= 0.6 is 0 Å². The smallest absolute Gasteiger partial charge is 0.305 e. The van der Waals surface area contributed by atoms with E-state index in [1.807, 2.05) is 6.92 Å². The molecule has 0 amide bonds. The lowest BCUT2D eigenvalue weighted by molar-refractivity contribution is -0.143. The van der Waals surface area contributed by atoms with E-state index in [4.69, 9.17) is 9.47 Å². The van der Waals surface area contributed by atoms with E-state index < -0.39 is 0 Å². The molecular formula is C18H34O3. The molecule has 0 saturated heterocycles. The highest BCUT2D eigenvalue weighted by Crippen LogP contribution is 2.35. The molecule has 1 saturated carbocycles. The van der Waals surface area contributed by atoms with Crippen molar-refractivity contribution < 1.29 is 14.3 Å². The van der Waals surface area contributed by atoms with Crippen LogP contribution in [0.4, 0.5) is 0 Å². The van der Waals surface area contributed by atoms with Gasteiger partial charge in [-0.25, -0.2) is 0 Å². The van der Waals surface area contributed by atoms with Gasteiger partial charge in [-0.1, -0.05) is 33.6 Å². The lowest BCUT2D eigenvalue weighted by Crippen LogP contribution is -2.34. The Morgan fingerprint density at radius 1 is 1.19 bits per heavy atom. The first-order chi connectivity index (χ1) is 10.0. The molecule has 1 aliphatic rings. The van der Waals surface area contributed by atoms with E-state index in [2.05, 4.69) is 20.8 Å². The van der Waals surface area contributed by atoms with Crippen LogP contribution in [-0.4, -0.2) is 25.3 Å². The van der Waals surface area contributed by atoms with Crippen LogP contribution in [0.1, 0.15) is 72.6 Å². The summed E-state index contributed by atoms with van der Waals surface area (Å²) in [7, 11) is 0. The zero-order chi connectivity index (χ0) is 15.7. The van der Waals surface area contributed by atoms with E-state index in [0.29, 0.717) is 25.0 Å². The van der Waals surface area contributed by atoms with E-state index in [1.54, 1.807) is 0 Å². The van der Waals surface area contributed by atoms with Crippen LogP contribution in [0.2, 0.25) is 0 Å². The molecule has 0 aromatic heterocycles. The fraction of sp³-hybridized carbons (Fsp3) is 0.944. The number of ether oxygens (including phenoxy) is 2. The summed E-state index contributed by atoms with van der Waals surface area (Å²) in [5, 5.41) is 0. The molecule has 0 aromatic carbocycles. The number of hydrogen-bond acceptors (Lipinski definition) is 3. The monoisotopic (exact) mass is 298 g/mol. The molecule has 0 aliphatic heterocycles. The maximum atomic E-state index is 11.2. The van der Waals surface area contributed by atoms with Crippen LogP contribution in [0, 0.1) is 17.8 Å². The van der Waals surface area contributed by atoms with Gasteiger partial charge >= 0.3 is 5.97 Å². The molecule has 0 radical (unpaired) electrons. The second-order valence-electron chi connectivity index (χ2n) is 6.85. The molecule has 1 fully saturated rings. The van der Waals surface area contributed by atoms with Crippen LogP contribution in [0.15, 0.2) is 0 Å². The SMILES string of the molecule is CCOC(=O)CCCCCOC1CC(C)CCC1C(C)C. The predicted octanol–water partition coefficient (Wildman–Crippen LogP) is 4.59. The van der Waals surface area contributed by atoms with Crippen molar-refractivity contribution in [1.29, 1.82) is 0 Å². The van der Waals surface area contributed by atoms with Crippen molar-refractivity contribution in [3.8, 4) is 0 Å². The first-order valence-corrected chi connectivity index (χ1v) is 8.81. The summed E-state index contributed by atoms with van der Waals surface area (Å²) in [6.45, 7) is 10.1. The Morgan fingerprint density at radius 3 is 2.62 bits per heavy atom. The molecule has 3 atom stereocenters. The van der Waals surface area contributed by atoms with Gasteiger partial charge in [-0.05, 0) is 50.4 Å². The summed E-state index contributed by atoms with van der Waals surface area (Å²) >= 11 is 0. The molecule has 3 heteroatoms. The van der Waals surface area contributed by atoms with Crippen molar-refractivity contribution in [3.05, 3.63) is 0 Å². The highest BCUT2D eigenvalue weighted by atomic mass is 16.5. The van der Waals surface area contributed by atoms with Gasteiger partial charge in [0.1, 0.15) is 0 Å². The van der Waals surface area contributed by atoms with Gasteiger partial charge in [0.15, 0.2) is 0 Å². The van der Waals surface area contributed by atoms with Gasteiger partial charge in [-0.15, -0.1) is 0 Å². The third-order valence-electron chi connectivity index (χ3n) is 4.62. The maximum absolute atomic E-state index is 11.2. The number of carbonyl (C=O) groups is 1. The molecule has 1 rings (SSSR count). The Balaban J connectivity index is 2.13. The summed E-state index contributed by atoms with van der Waals surface area (Å²) in [6, 6.07) is 0. The average Bonchev–Trinajstić information content (AvgIpc) is 2.42. The standard InChI is InChI=1S/C18H34O3/c1-5-20-18(19)9-7-6-8-12-21-17-13-15(4)10-11-16(17)14(2)3/h14-17H,5-13H2,1-4H3. The highest BCUT2D eigenvalue weighted by Gasteiger charge is 2.31. The minimum absolute atomic E-state index is 0.0700. The lowest BCUT2D eigenvalue weighted by Gasteiger charge is -2.37. The van der Waals surface area contributed by atoms with E-state index in [9.17, 15) is 4.79 Å². The molecule has 3 nitrogen and oxygen atoms in total. The Morgan fingerprint density at radius 2 is 1.95 bits per heavy atom. The number of rotatable bonds is 9. The van der Waals surface area contributed by atoms with Gasteiger partial charge in [-0.3, -0.25) is 4.79 Å². The molecular weight excluding hydrogens is 264 g/mol. The zero-order valence-corrected chi connectivity index (χ0v) is 14.4. The topological polar surface area (TPSA) is 35.5 Å². The Kier molecular flexibility index (Phi) is 8.98. The van der Waals surface area contributed by atoms with Crippen LogP contribution in [0.25, 0.3) is 0 Å². The normalized spacial score (nSPS) is 26.0. The molecule has 21 heavy (non-hydrogen) atoms. The minimum atomic E-state index is -0.0700. The molecule has 3 unspecified atom stereocenters. The van der Waals surface area contributed by atoms with Crippen molar-refractivity contribution in [2.45, 2.75) is 78.7 Å². The molecule has 0 spiro atoms. The van der Waals surface area contributed by atoms with Gasteiger partial charge < -0.3 is 9.47 Å². The van der Waals surface area contributed by atoms with Crippen LogP contribution < -0.4 is 0 Å². The van der Waals surface area contributed by atoms with E-state index in [-0.39, 0.29) is 5.97 Å². The van der Waals surface area contributed by atoms with E-state index >= 15 is 0 Å². The van der Waals surface area contributed by atoms with E-state index in [1.165, 1.54) is 19.3 Å². The summed E-state index contributed by atoms with van der Waals surface area (Å²) < 4.78 is 11.1. The number of hydrogen-bond donors (Lipinski definition) is 0. The number of unbranched alkanes of at least 4 members (excludes halogenated alkanes) is 2. The third kappa shape index (κ3) is 7.30. The fourth-order valence-electron chi connectivity index (χ4n) is 3.32. The van der Waals surface area contributed by atoms with Gasteiger partial charge in [0, 0.05) is 13.0 Å². The Hall–Kier alpha value is -0.570. The second kappa shape index (κ2) is 10.2. The van der Waals surface area contributed by atoms with Crippen molar-refractivity contribution in [3.63, 3.8) is 0 Å². The largest absolute Gasteiger partial charge is 0.466 e.